The molecule has 1 aliphatic heterocycles. The van der Waals surface area contributed by atoms with Crippen LogP contribution in [-0.4, -0.2) is 44.6 Å². The summed E-state index contributed by atoms with van der Waals surface area (Å²) in [6, 6.07) is 5.99. The topological polar surface area (TPSA) is 58.6 Å². The third kappa shape index (κ3) is 4.74. The van der Waals surface area contributed by atoms with Crippen molar-refractivity contribution in [2.45, 2.75) is 38.8 Å². The molecule has 0 radical (unpaired) electrons. The van der Waals surface area contributed by atoms with E-state index in [2.05, 4.69) is 4.72 Å². The zero-order valence-corrected chi connectivity index (χ0v) is 13.8. The summed E-state index contributed by atoms with van der Waals surface area (Å²) in [6.07, 6.45) is 1.24. The summed E-state index contributed by atoms with van der Waals surface area (Å²) < 4.78 is 47.2. The molecule has 124 valence electrons. The first-order valence-electron chi connectivity index (χ1n) is 7.50. The van der Waals surface area contributed by atoms with Crippen molar-refractivity contribution in [1.29, 1.82) is 0 Å². The Balaban J connectivity index is 1.89. The van der Waals surface area contributed by atoms with Gasteiger partial charge in [0.15, 0.2) is 0 Å². The lowest BCUT2D eigenvalue weighted by Gasteiger charge is -2.33. The Morgan fingerprint density at radius 3 is 2.95 bits per heavy atom. The van der Waals surface area contributed by atoms with E-state index < -0.39 is 10.2 Å². The van der Waals surface area contributed by atoms with E-state index in [0.717, 1.165) is 5.56 Å². The fraction of sp³-hybridized carbons (Fsp3) is 0.600. The van der Waals surface area contributed by atoms with Crippen LogP contribution in [0.25, 0.3) is 0 Å². The summed E-state index contributed by atoms with van der Waals surface area (Å²) in [5.41, 5.74) is 0.866. The minimum Gasteiger partial charge on any atom is -0.378 e. The van der Waals surface area contributed by atoms with Gasteiger partial charge in [-0.15, -0.1) is 0 Å². The molecular weight excluding hydrogens is 307 g/mol. The Hall–Kier alpha value is -1.02. The SMILES string of the molecule is C[C@H](CCc1cccc(F)c1)NS(=O)(=O)N1CCOC[C@H]1C. The van der Waals surface area contributed by atoms with E-state index in [1.54, 1.807) is 6.07 Å². The molecule has 0 saturated carbocycles. The van der Waals surface area contributed by atoms with E-state index in [-0.39, 0.29) is 17.9 Å². The van der Waals surface area contributed by atoms with E-state index in [1.165, 1.54) is 16.4 Å². The number of nitrogens with one attached hydrogen (secondary N) is 1. The molecule has 1 N–H and O–H groups in total. The van der Waals surface area contributed by atoms with Gasteiger partial charge in [-0.05, 0) is 44.4 Å². The van der Waals surface area contributed by atoms with Crippen molar-refractivity contribution in [2.75, 3.05) is 19.8 Å². The van der Waals surface area contributed by atoms with Crippen molar-refractivity contribution in [1.82, 2.24) is 9.03 Å². The van der Waals surface area contributed by atoms with E-state index in [1.807, 2.05) is 19.9 Å². The second-order valence-corrected chi connectivity index (χ2v) is 7.38. The van der Waals surface area contributed by atoms with Gasteiger partial charge in [-0.3, -0.25) is 0 Å². The number of morpholine rings is 1. The van der Waals surface area contributed by atoms with Gasteiger partial charge in [-0.2, -0.15) is 17.4 Å². The van der Waals surface area contributed by atoms with Gasteiger partial charge in [-0.25, -0.2) is 4.39 Å². The second kappa shape index (κ2) is 7.50. The van der Waals surface area contributed by atoms with Crippen LogP contribution in [0.4, 0.5) is 4.39 Å². The van der Waals surface area contributed by atoms with Gasteiger partial charge < -0.3 is 4.74 Å². The molecule has 0 unspecified atom stereocenters. The molecule has 0 spiro atoms. The number of halogens is 1. The summed E-state index contributed by atoms with van der Waals surface area (Å²) in [4.78, 5) is 0. The van der Waals surface area contributed by atoms with Gasteiger partial charge in [0.25, 0.3) is 10.2 Å². The molecule has 1 aliphatic rings. The van der Waals surface area contributed by atoms with Gasteiger partial charge in [-0.1, -0.05) is 12.1 Å². The Kier molecular flexibility index (Phi) is 5.91. The smallest absolute Gasteiger partial charge is 0.280 e. The lowest BCUT2D eigenvalue weighted by molar-refractivity contribution is 0.0385. The third-order valence-corrected chi connectivity index (χ3v) is 5.58. The van der Waals surface area contributed by atoms with Gasteiger partial charge in [0.2, 0.25) is 0 Å². The number of benzene rings is 1. The Morgan fingerprint density at radius 2 is 2.27 bits per heavy atom. The molecule has 0 bridgehead atoms. The zero-order valence-electron chi connectivity index (χ0n) is 13.0. The average molecular weight is 330 g/mol. The summed E-state index contributed by atoms with van der Waals surface area (Å²) in [5.74, 6) is -0.270. The number of hydrogen-bond acceptors (Lipinski definition) is 3. The molecule has 2 atom stereocenters. The van der Waals surface area contributed by atoms with Gasteiger partial charge in [0.1, 0.15) is 5.82 Å². The number of nitrogens with zero attached hydrogens (tertiary/aromatic N) is 1. The monoisotopic (exact) mass is 330 g/mol. The second-order valence-electron chi connectivity index (χ2n) is 5.73. The molecule has 1 aromatic rings. The molecule has 1 heterocycles. The van der Waals surface area contributed by atoms with Crippen LogP contribution in [0.1, 0.15) is 25.8 Å². The predicted molar refractivity (Wildman–Crippen MR) is 83.2 cm³/mol. The van der Waals surface area contributed by atoms with E-state index in [0.29, 0.717) is 32.6 Å². The summed E-state index contributed by atoms with van der Waals surface area (Å²) in [5, 5.41) is 0. The van der Waals surface area contributed by atoms with Crippen molar-refractivity contribution >= 4 is 10.2 Å². The number of rotatable bonds is 6. The maximum atomic E-state index is 13.1. The fourth-order valence-electron chi connectivity index (χ4n) is 2.53. The van der Waals surface area contributed by atoms with Crippen molar-refractivity contribution in [3.8, 4) is 0 Å². The Labute approximate surface area is 131 Å². The zero-order chi connectivity index (χ0) is 16.2. The Bertz CT molecular complexity index is 594. The molecule has 22 heavy (non-hydrogen) atoms. The van der Waals surface area contributed by atoms with Gasteiger partial charge >= 0.3 is 0 Å². The molecule has 0 aliphatic carbocycles. The predicted octanol–water partition coefficient (Wildman–Crippen LogP) is 1.70. The van der Waals surface area contributed by atoms with Crippen LogP contribution in [0.15, 0.2) is 24.3 Å². The standard InChI is InChI=1S/C15H23FN2O3S/c1-12(6-7-14-4-3-5-15(16)10-14)17-22(19,20)18-8-9-21-11-13(18)2/h3-5,10,12-13,17H,6-9,11H2,1-2H3/t12-,13-/m1/s1. The average Bonchev–Trinajstić information content (AvgIpc) is 2.45. The maximum absolute atomic E-state index is 13.1. The fourth-order valence-corrected chi connectivity index (χ4v) is 4.14. The summed E-state index contributed by atoms with van der Waals surface area (Å²) >= 11 is 0. The van der Waals surface area contributed by atoms with Gasteiger partial charge in [0, 0.05) is 18.6 Å². The van der Waals surface area contributed by atoms with E-state index in [9.17, 15) is 12.8 Å². The molecule has 1 saturated heterocycles. The van der Waals surface area contributed by atoms with Crippen molar-refractivity contribution in [3.05, 3.63) is 35.6 Å². The molecule has 1 fully saturated rings. The van der Waals surface area contributed by atoms with Crippen LogP contribution >= 0.6 is 0 Å². The van der Waals surface area contributed by atoms with Crippen LogP contribution < -0.4 is 4.72 Å². The highest BCUT2D eigenvalue weighted by molar-refractivity contribution is 7.87. The highest BCUT2D eigenvalue weighted by atomic mass is 32.2. The van der Waals surface area contributed by atoms with Crippen LogP contribution in [-0.2, 0) is 21.4 Å². The maximum Gasteiger partial charge on any atom is 0.280 e. The summed E-state index contributed by atoms with van der Waals surface area (Å²) in [7, 11) is -3.52. The van der Waals surface area contributed by atoms with E-state index >= 15 is 0 Å². The summed E-state index contributed by atoms with van der Waals surface area (Å²) in [6.45, 7) is 4.85. The molecule has 1 aromatic carbocycles. The highest BCUT2D eigenvalue weighted by Crippen LogP contribution is 2.13. The van der Waals surface area contributed by atoms with Crippen LogP contribution in [0.5, 0.6) is 0 Å². The first-order chi connectivity index (χ1) is 10.4. The van der Waals surface area contributed by atoms with Crippen molar-refractivity contribution in [3.63, 3.8) is 0 Å². The molecule has 2 rings (SSSR count). The highest BCUT2D eigenvalue weighted by Gasteiger charge is 2.30. The molecule has 0 amide bonds. The number of hydrogen-bond donors (Lipinski definition) is 1. The minimum atomic E-state index is -3.52. The molecule has 5 nitrogen and oxygen atoms in total. The minimum absolute atomic E-state index is 0.165. The normalized spacial score (nSPS) is 21.7. The first kappa shape index (κ1) is 17.3. The van der Waals surface area contributed by atoms with Crippen LogP contribution in [0, 0.1) is 5.82 Å². The lowest BCUT2D eigenvalue weighted by atomic mass is 10.1. The molecule has 7 heteroatoms. The Morgan fingerprint density at radius 1 is 1.50 bits per heavy atom. The molecule has 0 aromatic heterocycles. The molecular formula is C15H23FN2O3S. The number of aryl methyl sites for hydroxylation is 1. The number of ether oxygens (including phenoxy) is 1. The quantitative estimate of drug-likeness (QED) is 0.864. The third-order valence-electron chi connectivity index (χ3n) is 3.72. The van der Waals surface area contributed by atoms with E-state index in [4.69, 9.17) is 4.74 Å². The van der Waals surface area contributed by atoms with Crippen molar-refractivity contribution < 1.29 is 17.5 Å². The largest absolute Gasteiger partial charge is 0.378 e. The first-order valence-corrected chi connectivity index (χ1v) is 8.94. The van der Waals surface area contributed by atoms with Gasteiger partial charge in [0.05, 0.1) is 13.2 Å². The van der Waals surface area contributed by atoms with Crippen LogP contribution in [0.3, 0.4) is 0 Å². The lowest BCUT2D eigenvalue weighted by Crippen LogP contribution is -2.53. The van der Waals surface area contributed by atoms with Crippen LogP contribution in [0.2, 0.25) is 0 Å². The van der Waals surface area contributed by atoms with Crippen molar-refractivity contribution in [2.24, 2.45) is 0 Å².